The standard InChI is InChI=1S/C54H103NO8/c1-3-5-7-9-11-13-15-17-19-21-23-24-25-26-28-30-32-34-36-38-40-42-44-50(58)55-47(46-62-54-53(61)52(60)51(59)49(45-56)63-54)48(57)43-41-39-37-35-33-31-29-27-22-20-18-16-14-12-10-8-6-4-2/h25-26,41,43,47-49,51-54,56-57,59-61H,3-24,27-40,42,44-46H2,1-2H3,(H,55,58)/b26-25-,43-41+. The molecule has 0 bridgehead atoms. The summed E-state index contributed by atoms with van der Waals surface area (Å²) in [5.41, 5.74) is 0. The van der Waals surface area contributed by atoms with Crippen LogP contribution < -0.4 is 5.32 Å². The lowest BCUT2D eigenvalue weighted by Gasteiger charge is -2.40. The van der Waals surface area contributed by atoms with Crippen molar-refractivity contribution >= 4 is 5.91 Å². The van der Waals surface area contributed by atoms with Crippen molar-refractivity contribution in [3.63, 3.8) is 0 Å². The molecule has 0 aromatic rings. The fourth-order valence-corrected chi connectivity index (χ4v) is 8.68. The number of allylic oxidation sites excluding steroid dienone is 3. The summed E-state index contributed by atoms with van der Waals surface area (Å²) in [5, 5.41) is 54.4. The van der Waals surface area contributed by atoms with Crippen molar-refractivity contribution in [1.29, 1.82) is 0 Å². The SMILES string of the molecule is CCCCCCCCCCCCC/C=C\CCCCCCCCCC(=O)NC(COC1OC(CO)C(O)C(O)C1O)C(O)/C=C/CCCCCCCCCCCCCCCCCC. The number of carbonyl (C=O) groups excluding carboxylic acids is 1. The molecule has 0 aromatic heterocycles. The van der Waals surface area contributed by atoms with E-state index in [4.69, 9.17) is 9.47 Å². The zero-order valence-electron chi connectivity index (χ0n) is 41.1. The van der Waals surface area contributed by atoms with Gasteiger partial charge in [-0.25, -0.2) is 0 Å². The molecule has 372 valence electrons. The molecule has 1 rings (SSSR count). The van der Waals surface area contributed by atoms with Crippen LogP contribution in [0.5, 0.6) is 0 Å². The maximum absolute atomic E-state index is 13.0. The fraction of sp³-hybridized carbons (Fsp3) is 0.907. The van der Waals surface area contributed by atoms with Crippen LogP contribution in [0, 0.1) is 0 Å². The van der Waals surface area contributed by atoms with Crippen LogP contribution >= 0.6 is 0 Å². The third-order valence-corrected chi connectivity index (χ3v) is 13.0. The minimum atomic E-state index is -1.57. The summed E-state index contributed by atoms with van der Waals surface area (Å²) in [5.74, 6) is -0.178. The number of hydrogen-bond acceptors (Lipinski definition) is 8. The first-order valence-electron chi connectivity index (χ1n) is 27.1. The summed E-state index contributed by atoms with van der Waals surface area (Å²) in [7, 11) is 0. The topological polar surface area (TPSA) is 149 Å². The highest BCUT2D eigenvalue weighted by molar-refractivity contribution is 5.76. The van der Waals surface area contributed by atoms with Crippen molar-refractivity contribution in [3.05, 3.63) is 24.3 Å². The number of ether oxygens (including phenoxy) is 2. The molecule has 0 saturated carbocycles. The van der Waals surface area contributed by atoms with Crippen LogP contribution in [-0.4, -0.2) is 87.5 Å². The zero-order chi connectivity index (χ0) is 45.9. The quantitative estimate of drug-likeness (QED) is 0.0261. The van der Waals surface area contributed by atoms with Gasteiger partial charge in [-0.1, -0.05) is 231 Å². The molecule has 63 heavy (non-hydrogen) atoms. The van der Waals surface area contributed by atoms with Gasteiger partial charge in [0.1, 0.15) is 24.4 Å². The van der Waals surface area contributed by atoms with Crippen LogP contribution in [0.15, 0.2) is 24.3 Å². The predicted molar refractivity (Wildman–Crippen MR) is 263 cm³/mol. The molecule has 1 fully saturated rings. The van der Waals surface area contributed by atoms with Crippen molar-refractivity contribution in [1.82, 2.24) is 5.32 Å². The second-order valence-electron chi connectivity index (χ2n) is 19.0. The molecular weight excluding hydrogens is 791 g/mol. The molecule has 9 nitrogen and oxygen atoms in total. The third kappa shape index (κ3) is 34.6. The van der Waals surface area contributed by atoms with Gasteiger partial charge in [-0.05, 0) is 44.9 Å². The van der Waals surface area contributed by atoms with E-state index < -0.39 is 49.5 Å². The molecule has 1 aliphatic rings. The van der Waals surface area contributed by atoms with E-state index in [-0.39, 0.29) is 12.5 Å². The molecule has 1 aliphatic heterocycles. The van der Waals surface area contributed by atoms with E-state index in [9.17, 15) is 30.3 Å². The average molecular weight is 894 g/mol. The van der Waals surface area contributed by atoms with Gasteiger partial charge in [-0.3, -0.25) is 4.79 Å². The normalized spacial score (nSPS) is 20.3. The van der Waals surface area contributed by atoms with Crippen molar-refractivity contribution in [2.75, 3.05) is 13.2 Å². The van der Waals surface area contributed by atoms with Gasteiger partial charge >= 0.3 is 0 Å². The molecular formula is C54H103NO8. The maximum Gasteiger partial charge on any atom is 0.220 e. The molecule has 0 radical (unpaired) electrons. The molecule has 0 aromatic carbocycles. The Morgan fingerprint density at radius 1 is 0.524 bits per heavy atom. The van der Waals surface area contributed by atoms with Gasteiger partial charge in [0.15, 0.2) is 6.29 Å². The summed E-state index contributed by atoms with van der Waals surface area (Å²) in [4.78, 5) is 13.0. The maximum atomic E-state index is 13.0. The van der Waals surface area contributed by atoms with E-state index in [1.165, 1.54) is 199 Å². The average Bonchev–Trinajstić information content (AvgIpc) is 3.28. The smallest absolute Gasteiger partial charge is 0.220 e. The third-order valence-electron chi connectivity index (χ3n) is 13.0. The van der Waals surface area contributed by atoms with Gasteiger partial charge in [0.25, 0.3) is 0 Å². The molecule has 7 atom stereocenters. The van der Waals surface area contributed by atoms with Crippen molar-refractivity contribution in [2.45, 2.75) is 301 Å². The van der Waals surface area contributed by atoms with Gasteiger partial charge in [0, 0.05) is 6.42 Å². The summed E-state index contributed by atoms with van der Waals surface area (Å²) >= 11 is 0. The number of aliphatic hydroxyl groups is 5. The van der Waals surface area contributed by atoms with Gasteiger partial charge in [0.2, 0.25) is 5.91 Å². The van der Waals surface area contributed by atoms with Crippen molar-refractivity contribution < 1.29 is 39.8 Å². The largest absolute Gasteiger partial charge is 0.394 e. The van der Waals surface area contributed by atoms with Gasteiger partial charge in [0.05, 0.1) is 25.4 Å². The molecule has 1 saturated heterocycles. The lowest BCUT2D eigenvalue weighted by molar-refractivity contribution is -0.302. The summed E-state index contributed by atoms with van der Waals surface area (Å²) in [6.45, 7) is 3.80. The Bertz CT molecular complexity index is 1040. The van der Waals surface area contributed by atoms with E-state index in [1.807, 2.05) is 6.08 Å². The first-order valence-corrected chi connectivity index (χ1v) is 27.1. The highest BCUT2D eigenvalue weighted by Gasteiger charge is 2.44. The van der Waals surface area contributed by atoms with Crippen LogP contribution in [0.2, 0.25) is 0 Å². The predicted octanol–water partition coefficient (Wildman–Crippen LogP) is 12.6. The van der Waals surface area contributed by atoms with Gasteiger partial charge in [-0.2, -0.15) is 0 Å². The Morgan fingerprint density at radius 3 is 1.29 bits per heavy atom. The lowest BCUT2D eigenvalue weighted by Crippen LogP contribution is -2.60. The summed E-state index contributed by atoms with van der Waals surface area (Å²) in [6, 6.07) is -0.805. The molecule has 0 aliphatic carbocycles. The number of unbranched alkanes of at least 4 members (excludes halogenated alkanes) is 34. The van der Waals surface area contributed by atoms with E-state index in [0.29, 0.717) is 6.42 Å². The van der Waals surface area contributed by atoms with Crippen LogP contribution in [0.3, 0.4) is 0 Å². The lowest BCUT2D eigenvalue weighted by atomic mass is 9.99. The van der Waals surface area contributed by atoms with Crippen molar-refractivity contribution in [2.24, 2.45) is 0 Å². The Labute approximate surface area is 388 Å². The number of hydrogen-bond donors (Lipinski definition) is 6. The molecule has 1 amide bonds. The molecule has 0 spiro atoms. The van der Waals surface area contributed by atoms with Crippen molar-refractivity contribution in [3.8, 4) is 0 Å². The van der Waals surface area contributed by atoms with E-state index in [1.54, 1.807) is 6.08 Å². The number of nitrogens with one attached hydrogen (secondary N) is 1. The van der Waals surface area contributed by atoms with E-state index in [0.717, 1.165) is 38.5 Å². The summed E-state index contributed by atoms with van der Waals surface area (Å²) < 4.78 is 11.3. The second-order valence-corrected chi connectivity index (χ2v) is 19.0. The number of rotatable bonds is 46. The van der Waals surface area contributed by atoms with Crippen LogP contribution in [0.25, 0.3) is 0 Å². The molecule has 7 unspecified atom stereocenters. The molecule has 6 N–H and O–H groups in total. The molecule has 9 heteroatoms. The Balaban J connectivity index is 2.27. The fourth-order valence-electron chi connectivity index (χ4n) is 8.68. The van der Waals surface area contributed by atoms with Crippen LogP contribution in [0.1, 0.15) is 258 Å². The first kappa shape index (κ1) is 59.7. The summed E-state index contributed by atoms with van der Waals surface area (Å²) in [6.07, 6.45) is 48.0. The second kappa shape index (κ2) is 44.5. The van der Waals surface area contributed by atoms with Gasteiger partial charge < -0.3 is 40.3 Å². The van der Waals surface area contributed by atoms with Crippen LogP contribution in [-0.2, 0) is 14.3 Å². The zero-order valence-corrected chi connectivity index (χ0v) is 41.1. The Hall–Kier alpha value is -1.33. The van der Waals surface area contributed by atoms with E-state index in [2.05, 4.69) is 31.3 Å². The monoisotopic (exact) mass is 894 g/mol. The number of aliphatic hydroxyl groups excluding tert-OH is 5. The Kier molecular flexibility index (Phi) is 42.2. The number of amides is 1. The Morgan fingerprint density at radius 2 is 0.889 bits per heavy atom. The van der Waals surface area contributed by atoms with Gasteiger partial charge in [-0.15, -0.1) is 0 Å². The highest BCUT2D eigenvalue weighted by Crippen LogP contribution is 2.23. The molecule has 1 heterocycles. The van der Waals surface area contributed by atoms with E-state index >= 15 is 0 Å². The minimum absolute atomic E-state index is 0.178. The highest BCUT2D eigenvalue weighted by atomic mass is 16.7. The first-order chi connectivity index (χ1) is 30.8. The minimum Gasteiger partial charge on any atom is -0.394 e. The number of carbonyl (C=O) groups is 1. The van der Waals surface area contributed by atoms with Crippen LogP contribution in [0.4, 0.5) is 0 Å².